The van der Waals surface area contributed by atoms with Crippen LogP contribution in [-0.2, 0) is 11.2 Å². The normalized spacial score (nSPS) is 22.0. The molecule has 1 N–H and O–H groups in total. The fraction of sp³-hybridized carbons (Fsp3) is 0.333. The number of halogens is 1. The van der Waals surface area contributed by atoms with Gasteiger partial charge in [0.05, 0.1) is 6.61 Å². The third-order valence-corrected chi connectivity index (χ3v) is 5.78. The Balaban J connectivity index is 1.46. The molecule has 1 fully saturated rings. The van der Waals surface area contributed by atoms with Crippen molar-refractivity contribution in [2.24, 2.45) is 0 Å². The van der Waals surface area contributed by atoms with Gasteiger partial charge >= 0.3 is 0 Å². The second-order valence-electron chi connectivity index (χ2n) is 6.99. The van der Waals surface area contributed by atoms with Gasteiger partial charge in [-0.3, -0.25) is 0 Å². The van der Waals surface area contributed by atoms with Crippen molar-refractivity contribution < 1.29 is 9.47 Å². The van der Waals surface area contributed by atoms with E-state index in [1.54, 1.807) is 0 Å². The van der Waals surface area contributed by atoms with Crippen molar-refractivity contribution in [2.75, 3.05) is 13.2 Å². The first-order valence-electron chi connectivity index (χ1n) is 8.92. The molecule has 0 spiro atoms. The zero-order chi connectivity index (χ0) is 16.8. The molecular formula is C21H20BrNO2. The molecule has 3 nitrogen and oxygen atoms in total. The van der Waals surface area contributed by atoms with E-state index in [0.717, 1.165) is 23.2 Å². The first kappa shape index (κ1) is 15.5. The van der Waals surface area contributed by atoms with Crippen molar-refractivity contribution in [3.63, 3.8) is 0 Å². The molecule has 1 aliphatic carbocycles. The summed E-state index contributed by atoms with van der Waals surface area (Å²) in [6, 6.07) is 15.1. The van der Waals surface area contributed by atoms with E-state index < -0.39 is 0 Å². The van der Waals surface area contributed by atoms with E-state index in [9.17, 15) is 0 Å². The fourth-order valence-corrected chi connectivity index (χ4v) is 4.28. The van der Waals surface area contributed by atoms with Crippen LogP contribution in [0.4, 0.5) is 0 Å². The van der Waals surface area contributed by atoms with Crippen molar-refractivity contribution in [1.29, 1.82) is 0 Å². The average Bonchev–Trinajstić information content (AvgIpc) is 3.40. The highest BCUT2D eigenvalue weighted by Gasteiger charge is 2.26. The highest BCUT2D eigenvalue weighted by molar-refractivity contribution is 9.10. The third kappa shape index (κ3) is 2.98. The fourth-order valence-electron chi connectivity index (χ4n) is 3.92. The maximum atomic E-state index is 5.76. The Kier molecular flexibility index (Phi) is 3.83. The van der Waals surface area contributed by atoms with Gasteiger partial charge in [-0.1, -0.05) is 28.1 Å². The molecule has 2 heterocycles. The summed E-state index contributed by atoms with van der Waals surface area (Å²) < 4.78 is 12.1. The van der Waals surface area contributed by atoms with Crippen molar-refractivity contribution in [3.05, 3.63) is 63.8 Å². The van der Waals surface area contributed by atoms with Crippen LogP contribution < -0.4 is 4.74 Å². The van der Waals surface area contributed by atoms with Crippen LogP contribution in [0.1, 0.15) is 35.6 Å². The molecule has 128 valence electrons. The molecule has 25 heavy (non-hydrogen) atoms. The highest BCUT2D eigenvalue weighted by Crippen LogP contribution is 2.40. The quantitative estimate of drug-likeness (QED) is 0.616. The third-order valence-electron chi connectivity index (χ3n) is 5.29. The Morgan fingerprint density at radius 1 is 1.16 bits per heavy atom. The van der Waals surface area contributed by atoms with E-state index in [1.165, 1.54) is 40.6 Å². The number of nitrogens with one attached hydrogen (secondary N) is 1. The molecule has 2 unspecified atom stereocenters. The lowest BCUT2D eigenvalue weighted by molar-refractivity contribution is 0.263. The lowest BCUT2D eigenvalue weighted by Crippen LogP contribution is -2.10. The van der Waals surface area contributed by atoms with Gasteiger partial charge in [0.15, 0.2) is 0 Å². The second kappa shape index (κ2) is 6.19. The van der Waals surface area contributed by atoms with Crippen LogP contribution in [0.25, 0.3) is 10.9 Å². The molecule has 5 rings (SSSR count). The Morgan fingerprint density at radius 2 is 2.00 bits per heavy atom. The van der Waals surface area contributed by atoms with E-state index in [0.29, 0.717) is 18.6 Å². The maximum absolute atomic E-state index is 5.76. The Labute approximate surface area is 155 Å². The highest BCUT2D eigenvalue weighted by atomic mass is 79.9. The van der Waals surface area contributed by atoms with E-state index >= 15 is 0 Å². The minimum absolute atomic E-state index is 0.297. The van der Waals surface area contributed by atoms with Gasteiger partial charge in [-0.15, -0.1) is 0 Å². The molecule has 0 bridgehead atoms. The van der Waals surface area contributed by atoms with E-state index in [4.69, 9.17) is 9.47 Å². The van der Waals surface area contributed by atoms with Crippen molar-refractivity contribution in [1.82, 2.24) is 4.98 Å². The summed E-state index contributed by atoms with van der Waals surface area (Å²) in [6.45, 7) is 1.49. The summed E-state index contributed by atoms with van der Waals surface area (Å²) >= 11 is 3.61. The molecular weight excluding hydrogens is 378 g/mol. The standard InChI is InChI=1S/C21H20BrNO2/c22-14-6-9-20-19(10-14)18-3-1-2-17(21(18)23-20)13-4-7-15(8-5-13)24-11-16-12-25-16/h4-10,16-17,23H,1-3,11-12H2. The van der Waals surface area contributed by atoms with E-state index in [-0.39, 0.29) is 0 Å². The molecule has 2 aliphatic rings. The van der Waals surface area contributed by atoms with Gasteiger partial charge in [0.1, 0.15) is 18.5 Å². The molecule has 2 aromatic carbocycles. The van der Waals surface area contributed by atoms with Crippen molar-refractivity contribution in [2.45, 2.75) is 31.3 Å². The zero-order valence-electron chi connectivity index (χ0n) is 13.9. The first-order chi connectivity index (χ1) is 12.3. The van der Waals surface area contributed by atoms with Gasteiger partial charge in [-0.2, -0.15) is 0 Å². The lowest BCUT2D eigenvalue weighted by atomic mass is 9.82. The first-order valence-corrected chi connectivity index (χ1v) is 9.71. The number of aromatic amines is 1. The number of aromatic nitrogens is 1. The van der Waals surface area contributed by atoms with Crippen LogP contribution in [0.2, 0.25) is 0 Å². The minimum atomic E-state index is 0.297. The molecule has 1 aliphatic heterocycles. The van der Waals surface area contributed by atoms with Gasteiger partial charge in [0.2, 0.25) is 0 Å². The van der Waals surface area contributed by atoms with Crippen LogP contribution in [0.15, 0.2) is 46.9 Å². The summed E-state index contributed by atoms with van der Waals surface area (Å²) in [5.41, 5.74) is 5.48. The summed E-state index contributed by atoms with van der Waals surface area (Å²) in [6.07, 6.45) is 3.88. The largest absolute Gasteiger partial charge is 0.491 e. The number of fused-ring (bicyclic) bond motifs is 3. The number of epoxide rings is 1. The average molecular weight is 398 g/mol. The van der Waals surface area contributed by atoms with Crippen LogP contribution in [-0.4, -0.2) is 24.3 Å². The Bertz CT molecular complexity index is 912. The molecule has 0 radical (unpaired) electrons. The van der Waals surface area contributed by atoms with Gasteiger partial charge < -0.3 is 14.5 Å². The van der Waals surface area contributed by atoms with Crippen LogP contribution in [0.5, 0.6) is 5.75 Å². The molecule has 2 atom stereocenters. The van der Waals surface area contributed by atoms with Crippen LogP contribution in [0, 0.1) is 0 Å². The van der Waals surface area contributed by atoms with E-state index in [1.807, 2.05) is 0 Å². The monoisotopic (exact) mass is 397 g/mol. The number of hydrogen-bond donors (Lipinski definition) is 1. The van der Waals surface area contributed by atoms with Gasteiger partial charge in [0.25, 0.3) is 0 Å². The summed E-state index contributed by atoms with van der Waals surface area (Å²) in [5, 5.41) is 1.36. The van der Waals surface area contributed by atoms with Gasteiger partial charge in [-0.25, -0.2) is 0 Å². The number of aryl methyl sites for hydroxylation is 1. The summed E-state index contributed by atoms with van der Waals surface area (Å²) in [7, 11) is 0. The number of ether oxygens (including phenoxy) is 2. The topological polar surface area (TPSA) is 37.5 Å². The Hall–Kier alpha value is -1.78. The second-order valence-corrected chi connectivity index (χ2v) is 7.90. The lowest BCUT2D eigenvalue weighted by Gasteiger charge is -2.23. The Morgan fingerprint density at radius 3 is 2.80 bits per heavy atom. The summed E-state index contributed by atoms with van der Waals surface area (Å²) in [5.74, 6) is 1.37. The van der Waals surface area contributed by atoms with Crippen LogP contribution >= 0.6 is 15.9 Å². The number of hydrogen-bond acceptors (Lipinski definition) is 2. The minimum Gasteiger partial charge on any atom is -0.491 e. The van der Waals surface area contributed by atoms with Gasteiger partial charge in [-0.05, 0) is 60.7 Å². The van der Waals surface area contributed by atoms with Crippen molar-refractivity contribution >= 4 is 26.8 Å². The maximum Gasteiger partial charge on any atom is 0.119 e. The molecule has 1 saturated heterocycles. The molecule has 3 aromatic rings. The molecule has 1 aromatic heterocycles. The molecule has 0 saturated carbocycles. The number of benzene rings is 2. The smallest absolute Gasteiger partial charge is 0.119 e. The molecule has 0 amide bonds. The molecule has 4 heteroatoms. The van der Waals surface area contributed by atoms with Crippen LogP contribution in [0.3, 0.4) is 0 Å². The number of rotatable bonds is 4. The van der Waals surface area contributed by atoms with Crippen molar-refractivity contribution in [3.8, 4) is 5.75 Å². The van der Waals surface area contributed by atoms with E-state index in [2.05, 4.69) is 63.4 Å². The zero-order valence-corrected chi connectivity index (χ0v) is 15.5. The number of H-pyrrole nitrogens is 1. The predicted octanol–water partition coefficient (Wildman–Crippen LogP) is 5.18. The SMILES string of the molecule is Brc1ccc2[nH]c3c(c2c1)CCCC3c1ccc(OCC2CO2)cc1. The van der Waals surface area contributed by atoms with Gasteiger partial charge in [0, 0.05) is 27.0 Å². The predicted molar refractivity (Wildman–Crippen MR) is 102 cm³/mol. The summed E-state index contributed by atoms with van der Waals surface area (Å²) in [4.78, 5) is 3.69.